The van der Waals surface area contributed by atoms with Gasteiger partial charge in [0.1, 0.15) is 0 Å². The highest BCUT2D eigenvalue weighted by Crippen LogP contribution is 2.32. The van der Waals surface area contributed by atoms with Crippen LogP contribution in [-0.2, 0) is 4.74 Å². The molecule has 3 aromatic rings. The van der Waals surface area contributed by atoms with Crippen LogP contribution in [0.3, 0.4) is 0 Å². The van der Waals surface area contributed by atoms with E-state index in [2.05, 4.69) is 71.7 Å². The van der Waals surface area contributed by atoms with E-state index in [1.54, 1.807) is 0 Å². The fourth-order valence-corrected chi connectivity index (χ4v) is 3.26. The topological polar surface area (TPSA) is 12.5 Å². The fourth-order valence-electron chi connectivity index (χ4n) is 3.26. The van der Waals surface area contributed by atoms with Gasteiger partial charge in [0.2, 0.25) is 0 Å². The summed E-state index contributed by atoms with van der Waals surface area (Å²) in [7, 11) is 4.09. The minimum Gasteiger partial charge on any atom is -0.448 e. The lowest BCUT2D eigenvalue weighted by atomic mass is 9.98. The SMILES string of the molecule is CN(C)c1ccc(C=CC2=[C+]C(c3ccccc3)=CC(c3ccccc3)O2)cc1. The van der Waals surface area contributed by atoms with E-state index in [-0.39, 0.29) is 6.10 Å². The third-order valence-corrected chi connectivity index (χ3v) is 4.88. The second-order valence-electron chi connectivity index (χ2n) is 7.20. The summed E-state index contributed by atoms with van der Waals surface area (Å²) in [5.74, 6) is 0.733. The molecule has 3 aromatic carbocycles. The van der Waals surface area contributed by atoms with Crippen molar-refractivity contribution in [1.29, 1.82) is 0 Å². The molecule has 0 bridgehead atoms. The van der Waals surface area contributed by atoms with Crippen LogP contribution in [0.15, 0.2) is 103 Å². The predicted octanol–water partition coefficient (Wildman–Crippen LogP) is 6.31. The Morgan fingerprint density at radius 3 is 2.10 bits per heavy atom. The quantitative estimate of drug-likeness (QED) is 0.483. The molecule has 0 N–H and O–H groups in total. The highest BCUT2D eigenvalue weighted by Gasteiger charge is 2.24. The molecule has 0 fully saturated rings. The molecule has 4 rings (SSSR count). The molecule has 2 nitrogen and oxygen atoms in total. The molecule has 0 amide bonds. The zero-order chi connectivity index (χ0) is 20.1. The van der Waals surface area contributed by atoms with Crippen molar-refractivity contribution in [1.82, 2.24) is 0 Å². The first-order valence-corrected chi connectivity index (χ1v) is 9.77. The van der Waals surface area contributed by atoms with Crippen molar-refractivity contribution in [2.75, 3.05) is 19.0 Å². The van der Waals surface area contributed by atoms with Crippen LogP contribution < -0.4 is 4.90 Å². The van der Waals surface area contributed by atoms with Crippen LogP contribution >= 0.6 is 0 Å². The molecule has 1 aliphatic rings. The lowest BCUT2D eigenvalue weighted by molar-refractivity contribution is 0.163. The van der Waals surface area contributed by atoms with E-state index in [0.29, 0.717) is 0 Å². The molecule has 0 saturated heterocycles. The second kappa shape index (κ2) is 8.60. The van der Waals surface area contributed by atoms with Crippen molar-refractivity contribution in [3.8, 4) is 0 Å². The van der Waals surface area contributed by atoms with E-state index >= 15 is 0 Å². The molecular formula is C27H24NO+. The first-order valence-electron chi connectivity index (χ1n) is 9.77. The van der Waals surface area contributed by atoms with Gasteiger partial charge in [0.05, 0.1) is 23.8 Å². The van der Waals surface area contributed by atoms with E-state index < -0.39 is 0 Å². The maximum absolute atomic E-state index is 6.24. The molecule has 0 aliphatic carbocycles. The van der Waals surface area contributed by atoms with Crippen LogP contribution in [-0.4, -0.2) is 14.1 Å². The van der Waals surface area contributed by atoms with E-state index in [4.69, 9.17) is 4.74 Å². The summed E-state index contributed by atoms with van der Waals surface area (Å²) in [4.78, 5) is 2.09. The number of nitrogens with zero attached hydrogens (tertiary/aromatic N) is 1. The zero-order valence-corrected chi connectivity index (χ0v) is 16.7. The third-order valence-electron chi connectivity index (χ3n) is 4.88. The Hall–Kier alpha value is -3.61. The van der Waals surface area contributed by atoms with E-state index in [0.717, 1.165) is 28.0 Å². The Morgan fingerprint density at radius 1 is 0.793 bits per heavy atom. The first-order chi connectivity index (χ1) is 14.2. The van der Waals surface area contributed by atoms with Crippen LogP contribution in [0, 0.1) is 6.08 Å². The average molecular weight is 378 g/mol. The summed E-state index contributed by atoms with van der Waals surface area (Å²) >= 11 is 0. The second-order valence-corrected chi connectivity index (χ2v) is 7.20. The summed E-state index contributed by atoms with van der Waals surface area (Å²) in [5.41, 5.74) is 5.62. The largest absolute Gasteiger partial charge is 0.448 e. The van der Waals surface area contributed by atoms with Gasteiger partial charge in [0.25, 0.3) is 5.76 Å². The Kier molecular flexibility index (Phi) is 5.56. The van der Waals surface area contributed by atoms with Crippen molar-refractivity contribution in [2.24, 2.45) is 0 Å². The molecule has 2 heteroatoms. The van der Waals surface area contributed by atoms with Gasteiger partial charge in [-0.3, -0.25) is 0 Å². The highest BCUT2D eigenvalue weighted by molar-refractivity contribution is 5.73. The number of benzene rings is 3. The van der Waals surface area contributed by atoms with Crippen molar-refractivity contribution >= 4 is 17.3 Å². The first kappa shape index (κ1) is 18.7. The van der Waals surface area contributed by atoms with Crippen LogP contribution in [0.5, 0.6) is 0 Å². The highest BCUT2D eigenvalue weighted by atomic mass is 16.5. The lowest BCUT2D eigenvalue weighted by Crippen LogP contribution is -2.08. The molecule has 1 unspecified atom stereocenters. The van der Waals surface area contributed by atoms with Gasteiger partial charge >= 0.3 is 0 Å². The summed E-state index contributed by atoms with van der Waals surface area (Å²) < 4.78 is 6.24. The molecule has 1 heterocycles. The Balaban J connectivity index is 1.63. The van der Waals surface area contributed by atoms with Gasteiger partial charge in [-0.15, -0.1) is 0 Å². The summed E-state index contributed by atoms with van der Waals surface area (Å²) in [5, 5.41) is 0. The van der Waals surface area contributed by atoms with Crippen LogP contribution in [0.1, 0.15) is 22.8 Å². The van der Waals surface area contributed by atoms with Crippen LogP contribution in [0.25, 0.3) is 11.6 Å². The lowest BCUT2D eigenvalue weighted by Gasteiger charge is -2.17. The summed E-state index contributed by atoms with van der Waals surface area (Å²) in [6.07, 6.45) is 9.49. The maximum Gasteiger partial charge on any atom is 0.259 e. The van der Waals surface area contributed by atoms with E-state index in [1.165, 1.54) is 5.69 Å². The molecule has 29 heavy (non-hydrogen) atoms. The van der Waals surface area contributed by atoms with E-state index in [1.807, 2.05) is 56.6 Å². The zero-order valence-electron chi connectivity index (χ0n) is 16.7. The molecule has 0 radical (unpaired) electrons. The van der Waals surface area contributed by atoms with Crippen molar-refractivity contribution in [3.05, 3.63) is 126 Å². The van der Waals surface area contributed by atoms with Crippen molar-refractivity contribution in [3.63, 3.8) is 0 Å². The molecule has 1 aliphatic heterocycles. The maximum atomic E-state index is 6.24. The number of anilines is 1. The monoisotopic (exact) mass is 378 g/mol. The Morgan fingerprint density at radius 2 is 1.45 bits per heavy atom. The van der Waals surface area contributed by atoms with Crippen LogP contribution in [0.4, 0.5) is 5.69 Å². The minimum absolute atomic E-state index is 0.136. The number of allylic oxidation sites excluding steroid dienone is 3. The number of rotatable bonds is 5. The molecule has 1 atom stereocenters. The molecule has 142 valence electrons. The molecule has 0 saturated carbocycles. The van der Waals surface area contributed by atoms with Crippen molar-refractivity contribution < 1.29 is 4.74 Å². The van der Waals surface area contributed by atoms with Crippen molar-refractivity contribution in [2.45, 2.75) is 6.10 Å². The van der Waals surface area contributed by atoms with Gasteiger partial charge in [-0.25, -0.2) is 0 Å². The normalized spacial score (nSPS) is 15.9. The fraction of sp³-hybridized carbons (Fsp3) is 0.111. The number of hydrogen-bond donors (Lipinski definition) is 0. The Bertz CT molecular complexity index is 1030. The van der Waals surface area contributed by atoms with E-state index in [9.17, 15) is 0 Å². The third kappa shape index (κ3) is 4.63. The standard InChI is InChI=1S/C27H24NO/c1-28(2)25-16-13-21(14-17-25)15-18-26-19-24(22-9-5-3-6-10-22)20-27(29-26)23-11-7-4-8-12-23/h3-18,20,27H,1-2H3/q+1. The van der Waals surface area contributed by atoms with Gasteiger partial charge < -0.3 is 9.64 Å². The number of hydrogen-bond acceptors (Lipinski definition) is 2. The number of ether oxygens (including phenoxy) is 1. The minimum atomic E-state index is -0.136. The van der Waals surface area contributed by atoms with Gasteiger partial charge in [-0.2, -0.15) is 0 Å². The molecule has 0 spiro atoms. The van der Waals surface area contributed by atoms with Crippen LogP contribution in [0.2, 0.25) is 0 Å². The van der Waals surface area contributed by atoms with Gasteiger partial charge in [-0.05, 0) is 35.9 Å². The Labute approximate surface area is 173 Å². The smallest absolute Gasteiger partial charge is 0.259 e. The summed E-state index contributed by atoms with van der Waals surface area (Å²) in [6.45, 7) is 0. The van der Waals surface area contributed by atoms with Gasteiger partial charge in [0.15, 0.2) is 11.7 Å². The average Bonchev–Trinajstić information content (AvgIpc) is 2.79. The molecule has 0 aromatic heterocycles. The van der Waals surface area contributed by atoms with Gasteiger partial charge in [-0.1, -0.05) is 60.7 Å². The molecular weight excluding hydrogens is 354 g/mol. The predicted molar refractivity (Wildman–Crippen MR) is 121 cm³/mol. The van der Waals surface area contributed by atoms with Gasteiger partial charge in [0, 0.05) is 25.3 Å². The summed E-state index contributed by atoms with van der Waals surface area (Å²) in [6, 6.07) is 29.1.